The minimum Gasteiger partial charge on any atom is -0.461 e. The molecule has 0 spiro atoms. The van der Waals surface area contributed by atoms with Gasteiger partial charge in [-0.3, -0.25) is 4.79 Å². The van der Waals surface area contributed by atoms with Crippen LogP contribution in [0.4, 0.5) is 0 Å². The second-order valence-corrected chi connectivity index (χ2v) is 7.43. The molecule has 0 bridgehead atoms. The zero-order valence-electron chi connectivity index (χ0n) is 14.8. The Labute approximate surface area is 144 Å². The van der Waals surface area contributed by atoms with E-state index in [1.54, 1.807) is 19.9 Å². The molecule has 2 rings (SSSR count). The molecule has 3 atom stereocenters. The quantitative estimate of drug-likeness (QED) is 0.602. The highest BCUT2D eigenvalue weighted by atomic mass is 16.5. The van der Waals surface area contributed by atoms with Gasteiger partial charge in [0.25, 0.3) is 0 Å². The Hall–Kier alpha value is -1.65. The summed E-state index contributed by atoms with van der Waals surface area (Å²) in [5.41, 5.74) is 2.00. The van der Waals surface area contributed by atoms with Gasteiger partial charge in [-0.25, -0.2) is 0 Å². The highest BCUT2D eigenvalue weighted by Gasteiger charge is 2.38. The second kappa shape index (κ2) is 7.49. The van der Waals surface area contributed by atoms with Crippen LogP contribution in [0, 0.1) is 11.8 Å². The Morgan fingerprint density at radius 2 is 2.12 bits per heavy atom. The normalized spacial score (nSPS) is 33.3. The number of cyclic esters (lactones) is 1. The molecule has 1 aliphatic heterocycles. The van der Waals surface area contributed by atoms with Gasteiger partial charge in [-0.2, -0.15) is 0 Å². The van der Waals surface area contributed by atoms with E-state index < -0.39 is 17.6 Å². The van der Waals surface area contributed by atoms with E-state index in [2.05, 4.69) is 6.58 Å². The maximum Gasteiger partial charge on any atom is 0.314 e. The molecule has 0 radical (unpaired) electrons. The average molecular weight is 332 g/mol. The lowest BCUT2D eigenvalue weighted by Gasteiger charge is -2.33. The van der Waals surface area contributed by atoms with Crippen LogP contribution in [0.1, 0.15) is 40.0 Å². The summed E-state index contributed by atoms with van der Waals surface area (Å²) in [6.45, 7) is 9.75. The van der Waals surface area contributed by atoms with Gasteiger partial charge in [0, 0.05) is 5.92 Å². The minimum absolute atomic E-state index is 0.0267. The zero-order chi connectivity index (χ0) is 17.9. The summed E-state index contributed by atoms with van der Waals surface area (Å²) in [5, 5.41) is 19.9. The summed E-state index contributed by atoms with van der Waals surface area (Å²) in [5.74, 6) is -0.631. The first kappa shape index (κ1) is 18.7. The topological polar surface area (TPSA) is 66.8 Å². The predicted molar refractivity (Wildman–Crippen MR) is 94.2 cm³/mol. The molecule has 0 aromatic heterocycles. The SMILES string of the molecule is C=C1C[C@@H](O)/C=C(\C)CC[C@H]2/C(=C\C=C\C(C)(C)O)COC(=O)[C@@H]12. The molecule has 132 valence electrons. The minimum atomic E-state index is -0.882. The van der Waals surface area contributed by atoms with Crippen LogP contribution in [0.2, 0.25) is 0 Å². The number of esters is 1. The maximum atomic E-state index is 12.3. The van der Waals surface area contributed by atoms with E-state index >= 15 is 0 Å². The van der Waals surface area contributed by atoms with Crippen LogP contribution in [0.25, 0.3) is 0 Å². The molecule has 0 unspecified atom stereocenters. The van der Waals surface area contributed by atoms with E-state index in [1.807, 2.05) is 25.2 Å². The molecule has 24 heavy (non-hydrogen) atoms. The summed E-state index contributed by atoms with van der Waals surface area (Å²) >= 11 is 0. The summed E-state index contributed by atoms with van der Waals surface area (Å²) in [7, 11) is 0. The fourth-order valence-corrected chi connectivity index (χ4v) is 3.36. The van der Waals surface area contributed by atoms with Gasteiger partial charge in [0.2, 0.25) is 0 Å². The summed E-state index contributed by atoms with van der Waals surface area (Å²) in [6.07, 6.45) is 8.73. The van der Waals surface area contributed by atoms with E-state index in [0.29, 0.717) is 6.42 Å². The summed E-state index contributed by atoms with van der Waals surface area (Å²) in [4.78, 5) is 12.3. The standard InChI is InChI=1S/C20H28O4/c1-13-7-8-17-15(6-5-9-20(3,4)23)12-24-19(22)18(17)14(2)11-16(21)10-13/h5-6,9-10,16-18,21,23H,2,7-8,11-12H2,1,3-4H3/b9-5+,13-10+,15-6-/t16-,17-,18-/m0/s1. The molecule has 0 amide bonds. The van der Waals surface area contributed by atoms with Gasteiger partial charge in [0.1, 0.15) is 6.61 Å². The smallest absolute Gasteiger partial charge is 0.314 e. The highest BCUT2D eigenvalue weighted by Crippen LogP contribution is 2.39. The fraction of sp³-hybridized carbons (Fsp3) is 0.550. The Bertz CT molecular complexity index is 589. The number of carbonyl (C=O) groups is 1. The first-order chi connectivity index (χ1) is 11.2. The van der Waals surface area contributed by atoms with Gasteiger partial charge in [-0.05, 0) is 45.6 Å². The van der Waals surface area contributed by atoms with Crippen molar-refractivity contribution in [1.82, 2.24) is 0 Å². The van der Waals surface area contributed by atoms with E-state index in [0.717, 1.165) is 29.6 Å². The van der Waals surface area contributed by atoms with Crippen LogP contribution in [-0.4, -0.2) is 34.5 Å². The van der Waals surface area contributed by atoms with E-state index in [9.17, 15) is 15.0 Å². The van der Waals surface area contributed by atoms with Crippen LogP contribution >= 0.6 is 0 Å². The average Bonchev–Trinajstić information content (AvgIpc) is 2.49. The molecule has 2 N–H and O–H groups in total. The number of aliphatic hydroxyl groups is 2. The lowest BCUT2D eigenvalue weighted by molar-refractivity contribution is -0.151. The number of allylic oxidation sites excluding steroid dienone is 3. The van der Waals surface area contributed by atoms with Gasteiger partial charge in [0.15, 0.2) is 0 Å². The third-order valence-electron chi connectivity index (χ3n) is 4.57. The first-order valence-corrected chi connectivity index (χ1v) is 8.47. The molecule has 4 heteroatoms. The van der Waals surface area contributed by atoms with Crippen molar-refractivity contribution >= 4 is 5.97 Å². The number of carbonyl (C=O) groups excluding carboxylic acids is 1. The Morgan fingerprint density at radius 1 is 1.42 bits per heavy atom. The van der Waals surface area contributed by atoms with Crippen molar-refractivity contribution < 1.29 is 19.7 Å². The van der Waals surface area contributed by atoms with Gasteiger partial charge in [0.05, 0.1) is 17.6 Å². The second-order valence-electron chi connectivity index (χ2n) is 7.43. The van der Waals surface area contributed by atoms with Crippen LogP contribution in [0.3, 0.4) is 0 Å². The molecule has 1 heterocycles. The molecule has 1 saturated heterocycles. The lowest BCUT2D eigenvalue weighted by Crippen LogP contribution is -2.36. The molecule has 1 aliphatic carbocycles. The van der Waals surface area contributed by atoms with Crippen LogP contribution in [-0.2, 0) is 9.53 Å². The number of ether oxygens (including phenoxy) is 1. The van der Waals surface area contributed by atoms with E-state index in [1.165, 1.54) is 0 Å². The van der Waals surface area contributed by atoms with Crippen LogP contribution < -0.4 is 0 Å². The third-order valence-corrected chi connectivity index (χ3v) is 4.57. The maximum absolute atomic E-state index is 12.3. The van der Waals surface area contributed by atoms with Crippen molar-refractivity contribution in [3.63, 3.8) is 0 Å². The van der Waals surface area contributed by atoms with E-state index in [4.69, 9.17) is 4.74 Å². The van der Waals surface area contributed by atoms with Gasteiger partial charge >= 0.3 is 5.97 Å². The molecule has 0 aromatic rings. The number of aliphatic hydroxyl groups excluding tert-OH is 1. The first-order valence-electron chi connectivity index (χ1n) is 8.47. The van der Waals surface area contributed by atoms with E-state index in [-0.39, 0.29) is 18.5 Å². The lowest BCUT2D eigenvalue weighted by atomic mass is 9.76. The highest BCUT2D eigenvalue weighted by molar-refractivity contribution is 5.78. The molecule has 0 aromatic carbocycles. The zero-order valence-corrected chi connectivity index (χ0v) is 14.8. The summed E-state index contributed by atoms with van der Waals surface area (Å²) in [6, 6.07) is 0. The Morgan fingerprint density at radius 3 is 2.79 bits per heavy atom. The molecular weight excluding hydrogens is 304 g/mol. The molecule has 0 saturated carbocycles. The molecular formula is C20H28O4. The number of hydrogen-bond donors (Lipinski definition) is 2. The summed E-state index contributed by atoms with van der Waals surface area (Å²) < 4.78 is 5.35. The van der Waals surface area contributed by atoms with Gasteiger partial charge < -0.3 is 14.9 Å². The van der Waals surface area contributed by atoms with Crippen molar-refractivity contribution in [2.75, 3.05) is 6.61 Å². The van der Waals surface area contributed by atoms with Crippen molar-refractivity contribution in [3.8, 4) is 0 Å². The van der Waals surface area contributed by atoms with Crippen molar-refractivity contribution in [2.24, 2.45) is 11.8 Å². The van der Waals surface area contributed by atoms with Crippen molar-refractivity contribution in [1.29, 1.82) is 0 Å². The number of hydrogen-bond acceptors (Lipinski definition) is 4. The third kappa shape index (κ3) is 4.92. The van der Waals surface area contributed by atoms with Crippen LogP contribution in [0.15, 0.2) is 47.6 Å². The van der Waals surface area contributed by atoms with Gasteiger partial charge in [-0.15, -0.1) is 0 Å². The molecule has 4 nitrogen and oxygen atoms in total. The van der Waals surface area contributed by atoms with Gasteiger partial charge in [-0.1, -0.05) is 42.0 Å². The monoisotopic (exact) mass is 332 g/mol. The number of rotatable bonds is 2. The molecule has 2 aliphatic rings. The number of fused-ring (bicyclic) bond motifs is 1. The molecule has 1 fully saturated rings. The van der Waals surface area contributed by atoms with Crippen LogP contribution in [0.5, 0.6) is 0 Å². The van der Waals surface area contributed by atoms with Crippen molar-refractivity contribution in [3.05, 3.63) is 47.6 Å². The Kier molecular flexibility index (Phi) is 5.83. The Balaban J connectivity index is 2.31. The largest absolute Gasteiger partial charge is 0.461 e. The fourth-order valence-electron chi connectivity index (χ4n) is 3.36. The van der Waals surface area contributed by atoms with Crippen molar-refractivity contribution in [2.45, 2.75) is 51.7 Å². The predicted octanol–water partition coefficient (Wildman–Crippen LogP) is 3.08.